The van der Waals surface area contributed by atoms with Gasteiger partial charge in [0, 0.05) is 47.4 Å². The number of rotatable bonds is 10. The smallest absolute Gasteiger partial charge is 0.240 e. The second kappa shape index (κ2) is 12.6. The first-order valence-electron chi connectivity index (χ1n) is 13.0. The van der Waals surface area contributed by atoms with E-state index in [1.165, 1.54) is 34.8 Å². The number of hydrogen-bond donors (Lipinski definition) is 3. The van der Waals surface area contributed by atoms with Gasteiger partial charge >= 0.3 is 0 Å². The summed E-state index contributed by atoms with van der Waals surface area (Å²) in [6, 6.07) is 15.5. The summed E-state index contributed by atoms with van der Waals surface area (Å²) in [5.74, 6) is -2.40. The lowest BCUT2D eigenvalue weighted by Gasteiger charge is -2.39. The molecule has 1 heterocycles. The molecule has 4 N–H and O–H groups in total. The normalized spacial score (nSPS) is 19.6. The number of sulfonamides is 1. The van der Waals surface area contributed by atoms with Crippen LogP contribution in [-0.2, 0) is 21.2 Å². The predicted octanol–water partition coefficient (Wildman–Crippen LogP) is 4.27. The second-order valence-corrected chi connectivity index (χ2v) is 12.5. The van der Waals surface area contributed by atoms with Crippen LogP contribution in [0.15, 0.2) is 66.7 Å². The molecule has 0 unspecified atom stereocenters. The zero-order valence-corrected chi connectivity index (χ0v) is 23.9. The molecule has 11 heteroatoms. The molecule has 1 amide bonds. The average Bonchev–Trinajstić information content (AvgIpc) is 2.88. The highest BCUT2D eigenvalue weighted by atomic mass is 35.5. The van der Waals surface area contributed by atoms with Crippen LogP contribution >= 0.6 is 11.6 Å². The number of benzene rings is 3. The minimum atomic E-state index is -3.48. The van der Waals surface area contributed by atoms with Crippen molar-refractivity contribution in [2.45, 2.75) is 43.8 Å². The van der Waals surface area contributed by atoms with E-state index >= 15 is 4.39 Å². The van der Waals surface area contributed by atoms with Gasteiger partial charge in [-0.2, -0.15) is 4.31 Å². The Morgan fingerprint density at radius 1 is 1.10 bits per heavy atom. The van der Waals surface area contributed by atoms with Gasteiger partial charge in [0.2, 0.25) is 15.9 Å². The third kappa shape index (κ3) is 6.98. The topological polar surface area (TPSA) is 105 Å². The maximum Gasteiger partial charge on any atom is 0.240 e. The molecule has 0 radical (unpaired) electrons. The van der Waals surface area contributed by atoms with Crippen molar-refractivity contribution in [1.82, 2.24) is 9.62 Å². The van der Waals surface area contributed by atoms with Gasteiger partial charge in [-0.25, -0.2) is 17.2 Å². The molecule has 4 rings (SSSR count). The highest BCUT2D eigenvalue weighted by Gasteiger charge is 2.35. The van der Waals surface area contributed by atoms with Crippen molar-refractivity contribution in [1.29, 1.82) is 0 Å². The molecule has 3 aromatic carbocycles. The molecule has 1 aliphatic heterocycles. The third-order valence-electron chi connectivity index (χ3n) is 7.23. The maximum absolute atomic E-state index is 15.2. The van der Waals surface area contributed by atoms with Crippen LogP contribution in [0.25, 0.3) is 0 Å². The zero-order chi connectivity index (χ0) is 29.0. The Labute approximate surface area is 238 Å². The largest absolute Gasteiger partial charge is 0.373 e. The molecule has 214 valence electrons. The Kier molecular flexibility index (Phi) is 9.45. The molecule has 1 aliphatic rings. The maximum atomic E-state index is 15.2. The number of halogens is 3. The van der Waals surface area contributed by atoms with Crippen LogP contribution in [0.3, 0.4) is 0 Å². The Hall–Kier alpha value is -3.05. The number of anilines is 1. The van der Waals surface area contributed by atoms with Gasteiger partial charge in [0.05, 0.1) is 6.26 Å². The first kappa shape index (κ1) is 29.9. The summed E-state index contributed by atoms with van der Waals surface area (Å²) in [7, 11) is -3.48. The van der Waals surface area contributed by atoms with Crippen molar-refractivity contribution in [3.63, 3.8) is 0 Å². The number of carbonyl (C=O) groups is 1. The molecule has 0 spiro atoms. The number of carbonyl (C=O) groups excluding carboxylic acids is 1. The fourth-order valence-corrected chi connectivity index (χ4v) is 7.09. The summed E-state index contributed by atoms with van der Waals surface area (Å²) in [5.41, 5.74) is 7.71. The summed E-state index contributed by atoms with van der Waals surface area (Å²) in [6.07, 6.45) is 1.74. The van der Waals surface area contributed by atoms with Gasteiger partial charge in [0.15, 0.2) is 0 Å². The Balaban J connectivity index is 1.68. The second-order valence-electron chi connectivity index (χ2n) is 10.2. The van der Waals surface area contributed by atoms with Gasteiger partial charge in [-0.05, 0) is 67.3 Å². The number of amides is 1. The summed E-state index contributed by atoms with van der Waals surface area (Å²) in [6.45, 7) is 2.80. The van der Waals surface area contributed by atoms with E-state index in [0.717, 1.165) is 0 Å². The van der Waals surface area contributed by atoms with E-state index in [1.807, 2.05) is 6.92 Å². The molecule has 0 saturated carbocycles. The van der Waals surface area contributed by atoms with E-state index in [0.29, 0.717) is 46.9 Å². The standard InChI is InChI=1S/C29H33ClF2N4O3S/c1-18-16-34-17-23(36(18)40(2,38)39)13-14-24-25(32)7-4-8-26(24)35-28(29(33)37)27(19-9-11-21(30)12-10-19)20-5-3-6-22(31)15-20/h3-12,15,18,23,27-28,34-35H,13-14,16-17H2,1-2H3,(H2,33,37)/t18-,23-,27-,28-/m0/s1. The van der Waals surface area contributed by atoms with Crippen molar-refractivity contribution in [2.24, 2.45) is 5.73 Å². The summed E-state index contributed by atoms with van der Waals surface area (Å²) in [4.78, 5) is 12.9. The minimum Gasteiger partial charge on any atom is -0.373 e. The predicted molar refractivity (Wildman–Crippen MR) is 154 cm³/mol. The first-order valence-corrected chi connectivity index (χ1v) is 15.2. The molecular weight excluding hydrogens is 558 g/mol. The Morgan fingerprint density at radius 2 is 1.80 bits per heavy atom. The van der Waals surface area contributed by atoms with Gasteiger partial charge in [-0.15, -0.1) is 0 Å². The number of primary amides is 1. The molecule has 7 nitrogen and oxygen atoms in total. The molecular formula is C29H33ClF2N4O3S. The zero-order valence-electron chi connectivity index (χ0n) is 22.3. The van der Waals surface area contributed by atoms with Crippen LogP contribution in [0.5, 0.6) is 0 Å². The van der Waals surface area contributed by atoms with Gasteiger partial charge in [-0.1, -0.05) is 41.9 Å². The quantitative estimate of drug-likeness (QED) is 0.327. The van der Waals surface area contributed by atoms with Crippen LogP contribution in [0.2, 0.25) is 5.02 Å². The minimum absolute atomic E-state index is 0.206. The van der Waals surface area contributed by atoms with Crippen molar-refractivity contribution in [2.75, 3.05) is 24.7 Å². The summed E-state index contributed by atoms with van der Waals surface area (Å²) < 4.78 is 56.0. The number of piperazine rings is 1. The average molecular weight is 591 g/mol. The van der Waals surface area contributed by atoms with E-state index in [1.54, 1.807) is 42.5 Å². The van der Waals surface area contributed by atoms with E-state index < -0.39 is 39.5 Å². The molecule has 0 aromatic heterocycles. The fourth-order valence-electron chi connectivity index (χ4n) is 5.52. The van der Waals surface area contributed by atoms with Crippen LogP contribution in [-0.4, -0.2) is 56.1 Å². The van der Waals surface area contributed by atoms with Crippen LogP contribution < -0.4 is 16.4 Å². The van der Waals surface area contributed by atoms with E-state index in [9.17, 15) is 17.6 Å². The summed E-state index contributed by atoms with van der Waals surface area (Å²) >= 11 is 6.09. The molecule has 0 bridgehead atoms. The highest BCUT2D eigenvalue weighted by Crippen LogP contribution is 2.33. The van der Waals surface area contributed by atoms with E-state index in [2.05, 4.69) is 10.6 Å². The van der Waals surface area contributed by atoms with Gasteiger partial charge in [0.1, 0.15) is 17.7 Å². The lowest BCUT2D eigenvalue weighted by atomic mass is 9.84. The monoisotopic (exact) mass is 590 g/mol. The van der Waals surface area contributed by atoms with Crippen molar-refractivity contribution in [3.05, 3.63) is 100 Å². The molecule has 1 saturated heterocycles. The fraction of sp³-hybridized carbons (Fsp3) is 0.345. The molecule has 40 heavy (non-hydrogen) atoms. The van der Waals surface area contributed by atoms with E-state index in [4.69, 9.17) is 17.3 Å². The van der Waals surface area contributed by atoms with Crippen LogP contribution in [0.1, 0.15) is 36.0 Å². The van der Waals surface area contributed by atoms with Crippen molar-refractivity contribution >= 4 is 33.2 Å². The molecule has 1 fully saturated rings. The van der Waals surface area contributed by atoms with E-state index in [-0.39, 0.29) is 18.5 Å². The SMILES string of the molecule is C[C@H]1CNC[C@H](CCc2c(F)cccc2N[C@H](C(N)=O)[C@@H](c2ccc(Cl)cc2)c2cccc(F)c2)N1S(C)(=O)=O. The van der Waals surface area contributed by atoms with Gasteiger partial charge in [0.25, 0.3) is 0 Å². The number of nitrogens with one attached hydrogen (secondary N) is 2. The number of nitrogens with two attached hydrogens (primary N) is 1. The Morgan fingerprint density at radius 3 is 2.45 bits per heavy atom. The van der Waals surface area contributed by atoms with Gasteiger partial charge < -0.3 is 16.4 Å². The first-order chi connectivity index (χ1) is 19.0. The lowest BCUT2D eigenvalue weighted by Crippen LogP contribution is -2.58. The van der Waals surface area contributed by atoms with Crippen LogP contribution in [0.4, 0.5) is 14.5 Å². The molecule has 0 aliphatic carbocycles. The third-order valence-corrected chi connectivity index (χ3v) is 8.91. The number of nitrogens with zero attached hydrogens (tertiary/aromatic N) is 1. The Bertz CT molecular complexity index is 1460. The summed E-state index contributed by atoms with van der Waals surface area (Å²) in [5, 5.41) is 6.87. The lowest BCUT2D eigenvalue weighted by molar-refractivity contribution is -0.119. The van der Waals surface area contributed by atoms with Gasteiger partial charge in [-0.3, -0.25) is 4.79 Å². The highest BCUT2D eigenvalue weighted by molar-refractivity contribution is 7.88. The van der Waals surface area contributed by atoms with Crippen molar-refractivity contribution < 1.29 is 22.0 Å². The van der Waals surface area contributed by atoms with Crippen molar-refractivity contribution in [3.8, 4) is 0 Å². The molecule has 3 aromatic rings. The van der Waals surface area contributed by atoms with Crippen LogP contribution in [0, 0.1) is 11.6 Å². The molecule has 4 atom stereocenters. The number of hydrogen-bond acceptors (Lipinski definition) is 5.